The number of nitrogens with zero attached hydrogens (tertiary/aromatic N) is 6. The molecule has 0 radical (unpaired) electrons. The van der Waals surface area contributed by atoms with E-state index < -0.39 is 0 Å². The van der Waals surface area contributed by atoms with Crippen molar-refractivity contribution in [1.29, 1.82) is 0 Å². The van der Waals surface area contributed by atoms with E-state index in [4.69, 9.17) is 9.97 Å². The van der Waals surface area contributed by atoms with Crippen molar-refractivity contribution >= 4 is 11.5 Å². The van der Waals surface area contributed by atoms with Gasteiger partial charge in [0.2, 0.25) is 0 Å². The largest absolute Gasteiger partial charge is 0.372 e. The topological polar surface area (TPSA) is 38.7 Å². The number of fused-ring (bicyclic) bond motifs is 1. The van der Waals surface area contributed by atoms with Gasteiger partial charge in [-0.25, -0.2) is 9.97 Å². The molecule has 2 aromatic rings. The van der Waals surface area contributed by atoms with E-state index in [-0.39, 0.29) is 0 Å². The van der Waals surface area contributed by atoms with E-state index in [2.05, 4.69) is 57.7 Å². The van der Waals surface area contributed by atoms with Gasteiger partial charge in [0.05, 0.1) is 5.69 Å². The summed E-state index contributed by atoms with van der Waals surface area (Å²) >= 11 is 0. The lowest BCUT2D eigenvalue weighted by Gasteiger charge is -2.40. The molecule has 3 aliphatic heterocycles. The van der Waals surface area contributed by atoms with Crippen LogP contribution in [0.3, 0.4) is 0 Å². The fraction of sp³-hybridized carbons (Fsp3) is 0.630. The maximum Gasteiger partial charge on any atom is 0.135 e. The molecule has 1 unspecified atom stereocenters. The number of benzene rings is 1. The van der Waals surface area contributed by atoms with Gasteiger partial charge in [0.1, 0.15) is 12.1 Å². The van der Waals surface area contributed by atoms with E-state index in [1.54, 1.807) is 6.33 Å². The van der Waals surface area contributed by atoms with Gasteiger partial charge in [-0.1, -0.05) is 25.5 Å². The minimum Gasteiger partial charge on any atom is -0.372 e. The Kier molecular flexibility index (Phi) is 7.12. The summed E-state index contributed by atoms with van der Waals surface area (Å²) in [4.78, 5) is 19.6. The highest BCUT2D eigenvalue weighted by Gasteiger charge is 2.27. The quantitative estimate of drug-likeness (QED) is 0.639. The van der Waals surface area contributed by atoms with Crippen LogP contribution in [-0.4, -0.2) is 71.6 Å². The first kappa shape index (κ1) is 22.6. The molecular weight excluding hydrogens is 408 g/mol. The lowest BCUT2D eigenvalue weighted by molar-refractivity contribution is 0.187. The Morgan fingerprint density at radius 3 is 2.36 bits per heavy atom. The molecule has 1 atom stereocenters. The molecule has 5 rings (SSSR count). The molecule has 6 nitrogen and oxygen atoms in total. The van der Waals surface area contributed by atoms with Crippen LogP contribution in [0.5, 0.6) is 0 Å². The first-order valence-electron chi connectivity index (χ1n) is 13.1. The lowest BCUT2D eigenvalue weighted by Crippen LogP contribution is -2.50. The molecule has 1 aromatic heterocycles. The van der Waals surface area contributed by atoms with Crippen LogP contribution in [0, 0.1) is 0 Å². The minimum absolute atomic E-state index is 0.689. The van der Waals surface area contributed by atoms with E-state index in [1.807, 2.05) is 0 Å². The van der Waals surface area contributed by atoms with Crippen LogP contribution in [-0.2, 0) is 19.5 Å². The summed E-state index contributed by atoms with van der Waals surface area (Å²) in [5.74, 6) is 1.19. The fourth-order valence-corrected chi connectivity index (χ4v) is 5.82. The predicted octanol–water partition coefficient (Wildman–Crippen LogP) is 3.95. The molecule has 0 N–H and O–H groups in total. The highest BCUT2D eigenvalue weighted by Crippen LogP contribution is 2.28. The second-order valence-electron chi connectivity index (χ2n) is 10.1. The molecule has 2 saturated heterocycles. The Balaban J connectivity index is 1.20. The maximum absolute atomic E-state index is 4.75. The molecule has 0 saturated carbocycles. The molecule has 3 aliphatic rings. The van der Waals surface area contributed by atoms with Gasteiger partial charge >= 0.3 is 0 Å². The summed E-state index contributed by atoms with van der Waals surface area (Å²) in [5.41, 5.74) is 5.38. The summed E-state index contributed by atoms with van der Waals surface area (Å²) in [5, 5.41) is 0. The molecule has 0 spiro atoms. The van der Waals surface area contributed by atoms with E-state index in [1.165, 1.54) is 67.1 Å². The van der Waals surface area contributed by atoms with E-state index in [9.17, 15) is 0 Å². The van der Waals surface area contributed by atoms with Crippen molar-refractivity contribution in [3.05, 3.63) is 47.4 Å². The van der Waals surface area contributed by atoms with Crippen LogP contribution in [0.2, 0.25) is 0 Å². The van der Waals surface area contributed by atoms with E-state index in [0.29, 0.717) is 6.04 Å². The van der Waals surface area contributed by atoms with Crippen molar-refractivity contribution < 1.29 is 0 Å². The normalized spacial score (nSPS) is 20.8. The summed E-state index contributed by atoms with van der Waals surface area (Å²) in [6.45, 7) is 14.5. The van der Waals surface area contributed by atoms with Gasteiger partial charge < -0.3 is 9.80 Å². The Hall–Kier alpha value is -2.18. The summed E-state index contributed by atoms with van der Waals surface area (Å²) in [7, 11) is 0. The highest BCUT2D eigenvalue weighted by molar-refractivity contribution is 5.50. The zero-order chi connectivity index (χ0) is 22.6. The first-order valence-corrected chi connectivity index (χ1v) is 13.1. The van der Waals surface area contributed by atoms with Crippen molar-refractivity contribution in [3.8, 4) is 0 Å². The summed E-state index contributed by atoms with van der Waals surface area (Å²) in [6, 6.07) is 9.93. The van der Waals surface area contributed by atoms with Gasteiger partial charge in [0.25, 0.3) is 0 Å². The second-order valence-corrected chi connectivity index (χ2v) is 10.1. The van der Waals surface area contributed by atoms with Crippen molar-refractivity contribution in [3.63, 3.8) is 0 Å². The molecule has 1 aromatic carbocycles. The van der Waals surface area contributed by atoms with Gasteiger partial charge in [-0.3, -0.25) is 9.80 Å². The van der Waals surface area contributed by atoms with Crippen molar-refractivity contribution in [2.45, 2.75) is 65.1 Å². The van der Waals surface area contributed by atoms with Crippen LogP contribution in [0.1, 0.15) is 56.4 Å². The fourth-order valence-electron chi connectivity index (χ4n) is 5.82. The standard InChI is InChI=1S/C27H40N6/c1-3-6-22(2)31-15-17-33(18-16-31)27-25-11-14-30(20-26(25)28-21-29-27)19-23-7-9-24(10-8-23)32-12-4-5-13-32/h7-10,21-22H,3-6,11-20H2,1-2H3. The monoisotopic (exact) mass is 448 g/mol. The number of hydrogen-bond donors (Lipinski definition) is 0. The number of piperazine rings is 1. The third kappa shape index (κ3) is 5.17. The third-order valence-electron chi connectivity index (χ3n) is 7.82. The lowest BCUT2D eigenvalue weighted by atomic mass is 10.0. The summed E-state index contributed by atoms with van der Waals surface area (Å²) in [6.07, 6.45) is 8.04. The summed E-state index contributed by atoms with van der Waals surface area (Å²) < 4.78 is 0. The average Bonchev–Trinajstić information content (AvgIpc) is 3.39. The highest BCUT2D eigenvalue weighted by atomic mass is 15.3. The van der Waals surface area contributed by atoms with Gasteiger partial charge in [-0.2, -0.15) is 0 Å². The van der Waals surface area contributed by atoms with Gasteiger partial charge in [-0.05, 0) is 50.3 Å². The molecule has 33 heavy (non-hydrogen) atoms. The molecule has 0 aliphatic carbocycles. The van der Waals surface area contributed by atoms with Gasteiger partial charge in [0.15, 0.2) is 0 Å². The molecular formula is C27H40N6. The van der Waals surface area contributed by atoms with Crippen LogP contribution in [0.15, 0.2) is 30.6 Å². The second kappa shape index (κ2) is 10.4. The maximum atomic E-state index is 4.75. The van der Waals surface area contributed by atoms with Gasteiger partial charge in [-0.15, -0.1) is 0 Å². The van der Waals surface area contributed by atoms with E-state index >= 15 is 0 Å². The van der Waals surface area contributed by atoms with Crippen molar-refractivity contribution in [2.75, 3.05) is 55.6 Å². The Labute approximate surface area is 199 Å². The Bertz CT molecular complexity index is 899. The van der Waals surface area contributed by atoms with Crippen molar-refractivity contribution in [2.24, 2.45) is 0 Å². The molecule has 2 fully saturated rings. The molecule has 178 valence electrons. The van der Waals surface area contributed by atoms with Crippen molar-refractivity contribution in [1.82, 2.24) is 19.8 Å². The minimum atomic E-state index is 0.689. The third-order valence-corrected chi connectivity index (χ3v) is 7.82. The molecule has 0 amide bonds. The van der Waals surface area contributed by atoms with E-state index in [0.717, 1.165) is 52.2 Å². The molecule has 0 bridgehead atoms. The first-order chi connectivity index (χ1) is 16.2. The number of aromatic nitrogens is 2. The van der Waals surface area contributed by atoms with Crippen LogP contribution >= 0.6 is 0 Å². The molecule has 4 heterocycles. The van der Waals surface area contributed by atoms with Gasteiger partial charge in [0, 0.05) is 76.2 Å². The average molecular weight is 449 g/mol. The Morgan fingerprint density at radius 1 is 0.879 bits per heavy atom. The zero-order valence-electron chi connectivity index (χ0n) is 20.5. The van der Waals surface area contributed by atoms with Crippen LogP contribution < -0.4 is 9.80 Å². The SMILES string of the molecule is CCCC(C)N1CCN(c2ncnc3c2CCN(Cc2ccc(N4CCCC4)cc2)C3)CC1. The smallest absolute Gasteiger partial charge is 0.135 e. The number of rotatable bonds is 7. The number of anilines is 2. The van der Waals surface area contributed by atoms with Crippen LogP contribution in [0.4, 0.5) is 11.5 Å². The van der Waals surface area contributed by atoms with Crippen LogP contribution in [0.25, 0.3) is 0 Å². The Morgan fingerprint density at radius 2 is 1.64 bits per heavy atom. The predicted molar refractivity (Wildman–Crippen MR) is 136 cm³/mol. The zero-order valence-corrected chi connectivity index (χ0v) is 20.5. The number of hydrogen-bond acceptors (Lipinski definition) is 6. The molecule has 6 heteroatoms.